The number of amides is 2. The molecule has 1 aromatic heterocycles. The van der Waals surface area contributed by atoms with E-state index in [1.807, 2.05) is 66.9 Å². The maximum atomic E-state index is 13.1. The number of carbonyl (C=O) groups is 2. The second-order valence-electron chi connectivity index (χ2n) is 7.19. The zero-order valence-electron chi connectivity index (χ0n) is 17.0. The smallest absolute Gasteiger partial charge is 0.244 e. The fraction of sp³-hybridized carbons (Fsp3) is 0.208. The number of aryl methyl sites for hydroxylation is 2. The molecule has 0 aliphatic carbocycles. The number of carbonyl (C=O) groups excluding carboxylic acids is 2. The Morgan fingerprint density at radius 2 is 1.97 bits per heavy atom. The maximum Gasteiger partial charge on any atom is 0.244 e. The second-order valence-corrected chi connectivity index (χ2v) is 8.14. The first-order chi connectivity index (χ1) is 14.6. The molecule has 1 aliphatic rings. The summed E-state index contributed by atoms with van der Waals surface area (Å²) in [6.45, 7) is 3.98. The summed E-state index contributed by atoms with van der Waals surface area (Å²) in [5.74, 6) is -0.357. The van der Waals surface area contributed by atoms with Gasteiger partial charge >= 0.3 is 0 Å². The quantitative estimate of drug-likeness (QED) is 0.627. The van der Waals surface area contributed by atoms with Crippen molar-refractivity contribution < 1.29 is 9.59 Å². The number of benzene rings is 2. The molecule has 5 nitrogen and oxygen atoms in total. The Morgan fingerprint density at radius 1 is 1.13 bits per heavy atom. The van der Waals surface area contributed by atoms with Gasteiger partial charge in [-0.2, -0.15) is 0 Å². The highest BCUT2D eigenvalue weighted by Crippen LogP contribution is 2.33. The van der Waals surface area contributed by atoms with E-state index in [4.69, 9.17) is 4.99 Å². The monoisotopic (exact) mass is 417 g/mol. The summed E-state index contributed by atoms with van der Waals surface area (Å²) in [6.07, 6.45) is 0.980. The predicted octanol–water partition coefficient (Wildman–Crippen LogP) is 5.12. The van der Waals surface area contributed by atoms with Gasteiger partial charge in [-0.1, -0.05) is 43.3 Å². The number of para-hydroxylation sites is 3. The first-order valence-electron chi connectivity index (χ1n) is 9.96. The second kappa shape index (κ2) is 8.63. The van der Waals surface area contributed by atoms with Crippen LogP contribution in [0.4, 0.5) is 17.1 Å². The Labute approximate surface area is 180 Å². The lowest BCUT2D eigenvalue weighted by Gasteiger charge is -2.22. The van der Waals surface area contributed by atoms with Gasteiger partial charge in [0.25, 0.3) is 0 Å². The highest BCUT2D eigenvalue weighted by molar-refractivity contribution is 7.12. The van der Waals surface area contributed by atoms with Gasteiger partial charge in [0.05, 0.1) is 23.5 Å². The molecule has 0 fully saturated rings. The molecule has 6 heteroatoms. The van der Waals surface area contributed by atoms with Crippen molar-refractivity contribution in [2.45, 2.75) is 26.7 Å². The number of rotatable bonds is 5. The van der Waals surface area contributed by atoms with Crippen molar-refractivity contribution in [2.24, 2.45) is 4.99 Å². The molecule has 1 aliphatic heterocycles. The van der Waals surface area contributed by atoms with E-state index in [0.29, 0.717) is 11.4 Å². The molecule has 4 rings (SSSR count). The summed E-state index contributed by atoms with van der Waals surface area (Å²) in [4.78, 5) is 33.3. The molecule has 1 N–H and O–H groups in total. The molecule has 0 spiro atoms. The van der Waals surface area contributed by atoms with Gasteiger partial charge in [-0.15, -0.1) is 11.3 Å². The number of nitrogens with zero attached hydrogens (tertiary/aromatic N) is 2. The number of hydrogen-bond acceptors (Lipinski definition) is 4. The minimum atomic E-state index is -0.221. The Bertz CT molecular complexity index is 1120. The molecule has 0 radical (unpaired) electrons. The molecule has 2 aromatic carbocycles. The highest BCUT2D eigenvalue weighted by Gasteiger charge is 2.27. The number of fused-ring (bicyclic) bond motifs is 1. The van der Waals surface area contributed by atoms with Crippen LogP contribution in [0.15, 0.2) is 65.0 Å². The lowest BCUT2D eigenvalue weighted by atomic mass is 10.1. The topological polar surface area (TPSA) is 61.8 Å². The van der Waals surface area contributed by atoms with Gasteiger partial charge in [-0.05, 0) is 48.1 Å². The van der Waals surface area contributed by atoms with Crippen LogP contribution in [0.2, 0.25) is 0 Å². The molecule has 3 aromatic rings. The van der Waals surface area contributed by atoms with E-state index in [1.54, 1.807) is 16.2 Å². The van der Waals surface area contributed by atoms with E-state index in [2.05, 4.69) is 12.2 Å². The maximum absolute atomic E-state index is 13.1. The van der Waals surface area contributed by atoms with Crippen molar-refractivity contribution in [1.29, 1.82) is 0 Å². The fourth-order valence-electron chi connectivity index (χ4n) is 3.63. The van der Waals surface area contributed by atoms with Crippen molar-refractivity contribution in [2.75, 3.05) is 16.8 Å². The summed E-state index contributed by atoms with van der Waals surface area (Å²) in [5, 5.41) is 4.99. The number of hydrogen-bond donors (Lipinski definition) is 1. The van der Waals surface area contributed by atoms with E-state index in [-0.39, 0.29) is 24.8 Å². The van der Waals surface area contributed by atoms with Crippen molar-refractivity contribution in [3.05, 3.63) is 76.0 Å². The molecule has 2 heterocycles. The summed E-state index contributed by atoms with van der Waals surface area (Å²) in [5.41, 5.74) is 5.01. The molecule has 2 amide bonds. The highest BCUT2D eigenvalue weighted by atomic mass is 32.1. The molecule has 0 saturated heterocycles. The third kappa shape index (κ3) is 4.04. The van der Waals surface area contributed by atoms with Gasteiger partial charge < -0.3 is 10.2 Å². The first kappa shape index (κ1) is 20.0. The Kier molecular flexibility index (Phi) is 5.77. The normalized spacial score (nSPS) is 13.5. The Hall–Kier alpha value is -3.25. The number of nitrogens with one attached hydrogen (secondary N) is 1. The lowest BCUT2D eigenvalue weighted by Crippen LogP contribution is -2.38. The van der Waals surface area contributed by atoms with Crippen LogP contribution in [-0.4, -0.2) is 24.1 Å². The molecule has 0 unspecified atom stereocenters. The largest absolute Gasteiger partial charge is 0.324 e. The minimum absolute atomic E-state index is 0.0550. The van der Waals surface area contributed by atoms with Crippen molar-refractivity contribution in [3.63, 3.8) is 0 Å². The SMILES string of the molecule is CCc1cccc(C)c1NC(=O)CN1C(=O)CC(c2cccs2)=Nc2ccccc21. The van der Waals surface area contributed by atoms with E-state index in [0.717, 1.165) is 33.8 Å². The summed E-state index contributed by atoms with van der Waals surface area (Å²) in [6, 6.07) is 17.4. The standard InChI is InChI=1S/C24H23N3O2S/c1-3-17-9-6-8-16(2)24(17)26-22(28)15-27-20-11-5-4-10-18(20)25-19(14-23(27)29)21-12-7-13-30-21/h4-13H,3,14-15H2,1-2H3,(H,26,28). The molecule has 0 atom stereocenters. The van der Waals surface area contributed by atoms with Crippen LogP contribution in [0.3, 0.4) is 0 Å². The van der Waals surface area contributed by atoms with Crippen LogP contribution >= 0.6 is 11.3 Å². The molecular formula is C24H23N3O2S. The third-order valence-electron chi connectivity index (χ3n) is 5.16. The third-order valence-corrected chi connectivity index (χ3v) is 6.08. The van der Waals surface area contributed by atoms with Gasteiger partial charge in [0.15, 0.2) is 0 Å². The van der Waals surface area contributed by atoms with Crippen molar-refractivity contribution in [3.8, 4) is 0 Å². The first-order valence-corrected chi connectivity index (χ1v) is 10.8. The molecule has 0 saturated carbocycles. The predicted molar refractivity (Wildman–Crippen MR) is 123 cm³/mol. The van der Waals surface area contributed by atoms with E-state index >= 15 is 0 Å². The zero-order valence-corrected chi connectivity index (χ0v) is 17.8. The van der Waals surface area contributed by atoms with Crippen LogP contribution in [0.25, 0.3) is 0 Å². The Balaban J connectivity index is 1.61. The van der Waals surface area contributed by atoms with E-state index in [9.17, 15) is 9.59 Å². The molecular weight excluding hydrogens is 394 g/mol. The average Bonchev–Trinajstić information content (AvgIpc) is 3.24. The van der Waals surface area contributed by atoms with Gasteiger partial charge in [0.1, 0.15) is 6.54 Å². The van der Waals surface area contributed by atoms with E-state index < -0.39 is 0 Å². The zero-order chi connectivity index (χ0) is 21.1. The van der Waals surface area contributed by atoms with Crippen LogP contribution in [0.5, 0.6) is 0 Å². The minimum Gasteiger partial charge on any atom is -0.324 e. The van der Waals surface area contributed by atoms with Gasteiger partial charge in [-0.25, -0.2) is 4.99 Å². The molecule has 30 heavy (non-hydrogen) atoms. The van der Waals surface area contributed by atoms with Crippen LogP contribution in [0, 0.1) is 6.92 Å². The van der Waals surface area contributed by atoms with E-state index in [1.165, 1.54) is 0 Å². The van der Waals surface area contributed by atoms with Crippen molar-refractivity contribution in [1.82, 2.24) is 0 Å². The molecule has 0 bridgehead atoms. The molecule has 152 valence electrons. The summed E-state index contributed by atoms with van der Waals surface area (Å²) >= 11 is 1.56. The van der Waals surface area contributed by atoms with Crippen LogP contribution in [-0.2, 0) is 16.0 Å². The number of aliphatic imine (C=N–C) groups is 1. The fourth-order valence-corrected chi connectivity index (χ4v) is 4.34. The van der Waals surface area contributed by atoms with Crippen LogP contribution < -0.4 is 10.2 Å². The van der Waals surface area contributed by atoms with Gasteiger partial charge in [0.2, 0.25) is 11.8 Å². The van der Waals surface area contributed by atoms with Crippen LogP contribution in [0.1, 0.15) is 29.3 Å². The number of anilines is 2. The Morgan fingerprint density at radius 3 is 2.73 bits per heavy atom. The summed E-state index contributed by atoms with van der Waals surface area (Å²) < 4.78 is 0. The van der Waals surface area contributed by atoms with Gasteiger partial charge in [-0.3, -0.25) is 9.59 Å². The lowest BCUT2D eigenvalue weighted by molar-refractivity contribution is -0.120. The van der Waals surface area contributed by atoms with Crippen molar-refractivity contribution >= 4 is 45.9 Å². The van der Waals surface area contributed by atoms with Gasteiger partial charge in [0, 0.05) is 10.6 Å². The number of thiophene rings is 1. The average molecular weight is 418 g/mol. The summed E-state index contributed by atoms with van der Waals surface area (Å²) in [7, 11) is 0.